The van der Waals surface area contributed by atoms with Crippen LogP contribution < -0.4 is 0 Å². The van der Waals surface area contributed by atoms with Crippen molar-refractivity contribution in [3.05, 3.63) is 0 Å². The van der Waals surface area contributed by atoms with Crippen LogP contribution in [0.4, 0.5) is 0 Å². The van der Waals surface area contributed by atoms with Gasteiger partial charge in [-0.05, 0) is 0 Å². The zero-order chi connectivity index (χ0) is 6.71. The normalized spacial score (nSPS) is 3.62. The maximum absolute atomic E-state index is 4.25. The Kier molecular flexibility index (Phi) is 121. The summed E-state index contributed by atoms with van der Waals surface area (Å²) in [4.78, 5) is 0. The molecule has 0 amide bonds. The third kappa shape index (κ3) is 47.7. The summed E-state index contributed by atoms with van der Waals surface area (Å²) in [5.74, 6) is 0. The van der Waals surface area contributed by atoms with Crippen molar-refractivity contribution in [2.45, 2.75) is 0 Å². The first-order valence-electron chi connectivity index (χ1n) is 0.927. The van der Waals surface area contributed by atoms with Crippen molar-refractivity contribution in [2.24, 2.45) is 0 Å². The predicted octanol–water partition coefficient (Wildman–Crippen LogP) is 2.32. The van der Waals surface area contributed by atoms with Crippen LogP contribution >= 0.6 is 37.5 Å². The fourth-order valence-electron chi connectivity index (χ4n) is 0. The van der Waals surface area contributed by atoms with Crippen molar-refractivity contribution in [3.63, 3.8) is 0 Å². The molecule has 0 aliphatic rings. The molecule has 0 radical (unpaired) electrons. The minimum absolute atomic E-state index is 0. The summed E-state index contributed by atoms with van der Waals surface area (Å²) in [7, 11) is 9.96. The van der Waals surface area contributed by atoms with Gasteiger partial charge in [-0.3, -0.25) is 0 Å². The Labute approximate surface area is 121 Å². The SMILES string of the molecule is S[S][Mo].[Mo].[S]=[Cd].[S]=[Cd]. The van der Waals surface area contributed by atoms with Crippen molar-refractivity contribution in [1.82, 2.24) is 0 Å². The molecule has 0 heterocycles. The molecule has 0 rings (SSSR count). The van der Waals surface area contributed by atoms with E-state index in [1.54, 1.807) is 0 Å². The number of hydrogen-bond donors (Lipinski definition) is 1. The first-order valence-corrected chi connectivity index (χ1v) is 16.2. The van der Waals surface area contributed by atoms with Gasteiger partial charge in [-0.25, -0.2) is 0 Å². The number of rotatable bonds is 0. The van der Waals surface area contributed by atoms with E-state index in [0.717, 1.165) is 47.4 Å². The maximum atomic E-state index is 4.25. The van der Waals surface area contributed by atoms with Gasteiger partial charge >= 0.3 is 103 Å². The summed E-state index contributed by atoms with van der Waals surface area (Å²) in [5.41, 5.74) is 0. The molecule has 0 aromatic rings. The molecule has 0 N–H and O–H groups in total. The second kappa shape index (κ2) is 42.4. The van der Waals surface area contributed by atoms with Gasteiger partial charge in [-0.1, -0.05) is 0 Å². The Hall–Kier alpha value is 4.36. The molecule has 0 saturated carbocycles. The van der Waals surface area contributed by atoms with Gasteiger partial charge < -0.3 is 0 Å². The monoisotopic (exact) mass is 553 g/mol. The third-order valence-electron chi connectivity index (χ3n) is 0. The fraction of sp³-hybridized carbons (Fsp3) is 0. The molecule has 0 aromatic heterocycles. The summed E-state index contributed by atoms with van der Waals surface area (Å²) in [5, 5.41) is 0. The molecule has 0 bridgehead atoms. The van der Waals surface area contributed by atoms with Gasteiger partial charge in [0.25, 0.3) is 0 Å². The van der Waals surface area contributed by atoms with Gasteiger partial charge in [-0.15, -0.1) is 0 Å². The quantitative estimate of drug-likeness (QED) is 0.282. The van der Waals surface area contributed by atoms with Crippen LogP contribution in [0.25, 0.3) is 0 Å². The molecule has 8 heteroatoms. The molecule has 0 spiro atoms. The van der Waals surface area contributed by atoms with E-state index in [1.165, 1.54) is 8.50 Å². The second-order valence-electron chi connectivity index (χ2n) is 0.0745. The molecule has 0 aliphatic carbocycles. The predicted molar refractivity (Wildman–Crippen MR) is 31.8 cm³/mol. The zero-order valence-electron chi connectivity index (χ0n) is 3.90. The number of hydrogen-bond acceptors (Lipinski definition) is 4. The van der Waals surface area contributed by atoms with E-state index in [1.807, 2.05) is 18.5 Å². The second-order valence-corrected chi connectivity index (χ2v) is 3.97. The van der Waals surface area contributed by atoms with Crippen LogP contribution in [0.5, 0.6) is 0 Å². The molecule has 0 unspecified atom stereocenters. The van der Waals surface area contributed by atoms with E-state index >= 15 is 0 Å². The van der Waals surface area contributed by atoms with Gasteiger partial charge in [0, 0.05) is 21.1 Å². The average molecular weight is 546 g/mol. The van der Waals surface area contributed by atoms with Crippen molar-refractivity contribution in [1.29, 1.82) is 0 Å². The zero-order valence-corrected chi connectivity index (χ0v) is 19.3. The summed E-state index contributed by atoms with van der Waals surface area (Å²) in [6.45, 7) is 0. The van der Waals surface area contributed by atoms with E-state index in [0.29, 0.717) is 0 Å². The molecular weight excluding hydrogens is 545 g/mol. The molecule has 0 fully saturated rings. The van der Waals surface area contributed by atoms with Crippen LogP contribution in [0, 0.1) is 0 Å². The number of thiol groups is 1. The summed E-state index contributed by atoms with van der Waals surface area (Å²) in [6, 6.07) is 0. The van der Waals surface area contributed by atoms with Gasteiger partial charge in [-0.2, -0.15) is 0 Å². The standard InChI is InChI=1S/2Cd.2Mo.H2S2.2S/c;;;;1-2;;/h;;;;1-2H;;/q;;;+1;;;/p-1. The summed E-state index contributed by atoms with van der Waals surface area (Å²) in [6.07, 6.45) is 0. The van der Waals surface area contributed by atoms with Crippen LogP contribution in [0.3, 0.4) is 0 Å². The average Bonchev–Trinajstić information content (AvgIpc) is 1.78. The Bertz CT molecular complexity index is 19.5. The Morgan fingerprint density at radius 2 is 1.25 bits per heavy atom. The van der Waals surface area contributed by atoms with Crippen LogP contribution in [-0.4, -0.2) is 0 Å². The Morgan fingerprint density at radius 3 is 1.25 bits per heavy atom. The van der Waals surface area contributed by atoms with E-state index in [-0.39, 0.29) is 21.1 Å². The molecule has 0 atom stereocenters. The molecule has 41 valence electrons. The van der Waals surface area contributed by atoms with Gasteiger partial charge in [0.05, 0.1) is 0 Å². The van der Waals surface area contributed by atoms with Gasteiger partial charge in [0.15, 0.2) is 0 Å². The third-order valence-corrected chi connectivity index (χ3v) is 0. The van der Waals surface area contributed by atoms with Crippen LogP contribution in [0.1, 0.15) is 0 Å². The molecule has 8 heavy (non-hydrogen) atoms. The summed E-state index contributed by atoms with van der Waals surface area (Å²) < 4.78 is 0. The Morgan fingerprint density at radius 1 is 1.25 bits per heavy atom. The van der Waals surface area contributed by atoms with E-state index in [9.17, 15) is 0 Å². The molecular formula is HCd2Mo2S4. The Balaban J connectivity index is -0.0000000147. The van der Waals surface area contributed by atoms with E-state index in [4.69, 9.17) is 0 Å². The van der Waals surface area contributed by atoms with Crippen molar-refractivity contribution < 1.29 is 87.0 Å². The molecule has 0 nitrogen and oxygen atoms in total. The fourth-order valence-corrected chi connectivity index (χ4v) is 0. The summed E-state index contributed by atoms with van der Waals surface area (Å²) >= 11 is 7.03. The first-order chi connectivity index (χ1) is 3.41. The van der Waals surface area contributed by atoms with Crippen LogP contribution in [0.2, 0.25) is 0 Å². The minimum atomic E-state index is 0. The topological polar surface area (TPSA) is 0 Å². The van der Waals surface area contributed by atoms with Crippen molar-refractivity contribution in [3.8, 4) is 0 Å². The van der Waals surface area contributed by atoms with Crippen molar-refractivity contribution in [2.75, 3.05) is 0 Å². The van der Waals surface area contributed by atoms with E-state index < -0.39 is 0 Å². The van der Waals surface area contributed by atoms with Gasteiger partial charge in [0.2, 0.25) is 0 Å². The molecule has 0 saturated heterocycles. The van der Waals surface area contributed by atoms with E-state index in [2.05, 4.69) is 29.0 Å². The molecule has 0 aromatic carbocycles. The van der Waals surface area contributed by atoms with Crippen LogP contribution in [0.15, 0.2) is 0 Å². The molecule has 0 aliphatic heterocycles. The van der Waals surface area contributed by atoms with Crippen LogP contribution in [-0.2, 0) is 87.0 Å². The van der Waals surface area contributed by atoms with Gasteiger partial charge in [0.1, 0.15) is 0 Å². The van der Waals surface area contributed by atoms with Crippen molar-refractivity contribution >= 4 is 37.5 Å². The first kappa shape index (κ1) is 22.8.